The number of aliphatic hydroxyl groups excluding tert-OH is 2. The molecule has 2 aromatic rings. The van der Waals surface area contributed by atoms with Crippen molar-refractivity contribution in [1.82, 2.24) is 20.9 Å². The number of aromatic amines is 1. The van der Waals surface area contributed by atoms with E-state index in [1.54, 1.807) is 6.20 Å². The highest BCUT2D eigenvalue weighted by atomic mass is 16.3. The molecule has 2 heterocycles. The minimum absolute atomic E-state index is 0.181. The molecule has 0 unspecified atom stereocenters. The standard InChI is InChI=1S/C18H22N4O5/c1-9(24)15-18(27)21-14(8-23)17(26)20-13(16(25)22-15)6-10-7-19-12-5-3-2-4-11(10)12/h2-5,7,9,13-15,19,23-24H,6,8H2,1H3,(H,20,26)(H,21,27)(H,22,25)/t9-,13+,14+,15+/m1/s1. The quantitative estimate of drug-likeness (QED) is 0.388. The van der Waals surface area contributed by atoms with Crippen LogP contribution in [0.2, 0.25) is 0 Å². The smallest absolute Gasteiger partial charge is 0.245 e. The van der Waals surface area contributed by atoms with E-state index in [0.717, 1.165) is 16.5 Å². The summed E-state index contributed by atoms with van der Waals surface area (Å²) in [5, 5.41) is 27.6. The van der Waals surface area contributed by atoms with Gasteiger partial charge in [-0.1, -0.05) is 18.2 Å². The van der Waals surface area contributed by atoms with Gasteiger partial charge in [-0.3, -0.25) is 14.4 Å². The highest BCUT2D eigenvalue weighted by Crippen LogP contribution is 2.19. The summed E-state index contributed by atoms with van der Waals surface area (Å²) in [6.45, 7) is 0.735. The van der Waals surface area contributed by atoms with Crippen LogP contribution < -0.4 is 16.0 Å². The summed E-state index contributed by atoms with van der Waals surface area (Å²) in [5.74, 6) is -1.99. The molecule has 1 aliphatic rings. The van der Waals surface area contributed by atoms with Crippen molar-refractivity contribution in [3.05, 3.63) is 36.0 Å². The molecule has 27 heavy (non-hydrogen) atoms. The number of aromatic nitrogens is 1. The third-order valence-corrected chi connectivity index (χ3v) is 4.61. The summed E-state index contributed by atoms with van der Waals surface area (Å²) in [5.41, 5.74) is 1.72. The van der Waals surface area contributed by atoms with E-state index in [1.807, 2.05) is 24.3 Å². The van der Waals surface area contributed by atoms with Gasteiger partial charge in [0.25, 0.3) is 0 Å². The Morgan fingerprint density at radius 2 is 1.67 bits per heavy atom. The SMILES string of the molecule is C[C@@H](O)[C@@H]1NC(=O)[C@H](Cc2c[nH]c3ccccc23)NC(=O)[C@H](CO)NC1=O. The predicted octanol–water partition coefficient (Wildman–Crippen LogP) is -1.45. The molecule has 3 amide bonds. The lowest BCUT2D eigenvalue weighted by atomic mass is 10.0. The highest BCUT2D eigenvalue weighted by molar-refractivity contribution is 5.98. The summed E-state index contributed by atoms with van der Waals surface area (Å²) in [6.07, 6.45) is 0.770. The average Bonchev–Trinajstić information content (AvgIpc) is 3.06. The maximum absolute atomic E-state index is 12.7. The Hall–Kier alpha value is -2.91. The second kappa shape index (κ2) is 7.77. The number of aliphatic hydroxyl groups is 2. The minimum atomic E-state index is -1.23. The molecule has 4 atom stereocenters. The number of rotatable bonds is 4. The first kappa shape index (κ1) is 18.9. The van der Waals surface area contributed by atoms with E-state index < -0.39 is 48.6 Å². The van der Waals surface area contributed by atoms with Crippen LogP contribution in [-0.4, -0.2) is 63.8 Å². The summed E-state index contributed by atoms with van der Waals surface area (Å²) >= 11 is 0. The first-order valence-electron chi connectivity index (χ1n) is 8.65. The zero-order valence-corrected chi connectivity index (χ0v) is 14.7. The van der Waals surface area contributed by atoms with Crippen molar-refractivity contribution in [3.63, 3.8) is 0 Å². The van der Waals surface area contributed by atoms with Gasteiger partial charge in [-0.2, -0.15) is 0 Å². The van der Waals surface area contributed by atoms with Gasteiger partial charge in [0.1, 0.15) is 18.1 Å². The van der Waals surface area contributed by atoms with Crippen molar-refractivity contribution in [2.75, 3.05) is 6.61 Å². The molecule has 0 aliphatic carbocycles. The van der Waals surface area contributed by atoms with Crippen LogP contribution >= 0.6 is 0 Å². The molecule has 1 saturated heterocycles. The van der Waals surface area contributed by atoms with Crippen LogP contribution in [0.4, 0.5) is 0 Å². The van der Waals surface area contributed by atoms with Gasteiger partial charge >= 0.3 is 0 Å². The van der Waals surface area contributed by atoms with E-state index in [9.17, 15) is 24.6 Å². The molecule has 1 aliphatic heterocycles. The van der Waals surface area contributed by atoms with Crippen LogP contribution in [0.25, 0.3) is 10.9 Å². The van der Waals surface area contributed by atoms with Gasteiger partial charge in [0.05, 0.1) is 12.7 Å². The molecular formula is C18H22N4O5. The number of carbonyl (C=O) groups excluding carboxylic acids is 3. The van der Waals surface area contributed by atoms with Crippen molar-refractivity contribution < 1.29 is 24.6 Å². The molecule has 1 aromatic heterocycles. The van der Waals surface area contributed by atoms with Crippen molar-refractivity contribution in [3.8, 4) is 0 Å². The van der Waals surface area contributed by atoms with E-state index in [2.05, 4.69) is 20.9 Å². The van der Waals surface area contributed by atoms with Crippen molar-refractivity contribution in [1.29, 1.82) is 0 Å². The lowest BCUT2D eigenvalue weighted by Crippen LogP contribution is -2.55. The van der Waals surface area contributed by atoms with E-state index in [1.165, 1.54) is 6.92 Å². The number of hydrogen-bond donors (Lipinski definition) is 6. The third-order valence-electron chi connectivity index (χ3n) is 4.61. The summed E-state index contributed by atoms with van der Waals surface area (Å²) in [4.78, 5) is 40.4. The first-order chi connectivity index (χ1) is 12.9. The van der Waals surface area contributed by atoms with E-state index in [0.29, 0.717) is 0 Å². The second-order valence-electron chi connectivity index (χ2n) is 6.60. The topological polar surface area (TPSA) is 144 Å². The van der Waals surface area contributed by atoms with Crippen LogP contribution in [0.15, 0.2) is 30.5 Å². The van der Waals surface area contributed by atoms with Crippen LogP contribution in [0.5, 0.6) is 0 Å². The molecule has 0 spiro atoms. The summed E-state index contributed by atoms with van der Waals surface area (Å²) < 4.78 is 0. The van der Waals surface area contributed by atoms with Gasteiger partial charge in [0.2, 0.25) is 17.7 Å². The molecule has 9 heteroatoms. The number of H-pyrrole nitrogens is 1. The molecule has 0 radical (unpaired) electrons. The van der Waals surface area contributed by atoms with Crippen LogP contribution in [-0.2, 0) is 20.8 Å². The maximum atomic E-state index is 12.7. The molecule has 9 nitrogen and oxygen atoms in total. The predicted molar refractivity (Wildman–Crippen MR) is 96.6 cm³/mol. The number of carbonyl (C=O) groups is 3. The van der Waals surface area contributed by atoms with Gasteiger partial charge in [-0.25, -0.2) is 0 Å². The van der Waals surface area contributed by atoms with Crippen molar-refractivity contribution >= 4 is 28.6 Å². The average molecular weight is 374 g/mol. The zero-order valence-electron chi connectivity index (χ0n) is 14.7. The first-order valence-corrected chi connectivity index (χ1v) is 8.65. The second-order valence-corrected chi connectivity index (χ2v) is 6.60. The van der Waals surface area contributed by atoms with Crippen molar-refractivity contribution in [2.45, 2.75) is 37.6 Å². The molecule has 1 aromatic carbocycles. The van der Waals surface area contributed by atoms with Gasteiger partial charge in [-0.15, -0.1) is 0 Å². The fraction of sp³-hybridized carbons (Fsp3) is 0.389. The largest absolute Gasteiger partial charge is 0.394 e. The Labute approximate surface area is 155 Å². The number of fused-ring (bicyclic) bond motifs is 1. The minimum Gasteiger partial charge on any atom is -0.394 e. The fourth-order valence-electron chi connectivity index (χ4n) is 3.12. The normalized spacial score (nSPS) is 25.0. The van der Waals surface area contributed by atoms with Crippen LogP contribution in [0, 0.1) is 0 Å². The molecule has 1 fully saturated rings. The van der Waals surface area contributed by atoms with Crippen molar-refractivity contribution in [2.24, 2.45) is 0 Å². The van der Waals surface area contributed by atoms with E-state index in [-0.39, 0.29) is 6.42 Å². The van der Waals surface area contributed by atoms with Gasteiger partial charge in [0, 0.05) is 23.5 Å². The zero-order chi connectivity index (χ0) is 19.6. The number of amides is 3. The molecule has 0 bridgehead atoms. The van der Waals surface area contributed by atoms with Gasteiger partial charge < -0.3 is 31.1 Å². The Kier molecular flexibility index (Phi) is 5.43. The molecule has 3 rings (SSSR count). The Balaban J connectivity index is 1.91. The van der Waals surface area contributed by atoms with Gasteiger partial charge in [0.15, 0.2) is 0 Å². The number of benzene rings is 1. The van der Waals surface area contributed by atoms with E-state index >= 15 is 0 Å². The van der Waals surface area contributed by atoms with E-state index in [4.69, 9.17) is 0 Å². The molecule has 6 N–H and O–H groups in total. The van der Waals surface area contributed by atoms with Crippen LogP contribution in [0.3, 0.4) is 0 Å². The third kappa shape index (κ3) is 3.93. The Morgan fingerprint density at radius 1 is 1.00 bits per heavy atom. The molecule has 144 valence electrons. The number of nitrogens with one attached hydrogen (secondary N) is 4. The molecular weight excluding hydrogens is 352 g/mol. The fourth-order valence-corrected chi connectivity index (χ4v) is 3.12. The Morgan fingerprint density at radius 3 is 2.37 bits per heavy atom. The summed E-state index contributed by atoms with van der Waals surface area (Å²) in [6, 6.07) is 4.13. The maximum Gasteiger partial charge on any atom is 0.245 e. The lowest BCUT2D eigenvalue weighted by Gasteiger charge is -2.22. The Bertz CT molecular complexity index is 862. The van der Waals surface area contributed by atoms with Crippen LogP contribution in [0.1, 0.15) is 12.5 Å². The number of para-hydroxylation sites is 1. The number of hydrogen-bond acceptors (Lipinski definition) is 5. The lowest BCUT2D eigenvalue weighted by molar-refractivity contribution is -0.132. The monoisotopic (exact) mass is 374 g/mol. The summed E-state index contributed by atoms with van der Waals surface area (Å²) in [7, 11) is 0. The highest BCUT2D eigenvalue weighted by Gasteiger charge is 2.35. The molecule has 0 saturated carbocycles. The van der Waals surface area contributed by atoms with Gasteiger partial charge in [-0.05, 0) is 18.6 Å².